The second-order valence-corrected chi connectivity index (χ2v) is 9.54. The number of halogens is 1. The van der Waals surface area contributed by atoms with Crippen molar-refractivity contribution in [3.8, 4) is 0 Å². The van der Waals surface area contributed by atoms with E-state index >= 15 is 0 Å². The summed E-state index contributed by atoms with van der Waals surface area (Å²) in [6.45, 7) is 1.92. The summed E-state index contributed by atoms with van der Waals surface area (Å²) in [7, 11) is 0. The van der Waals surface area contributed by atoms with Gasteiger partial charge in [0, 0.05) is 17.7 Å². The maximum absolute atomic E-state index is 13.8. The van der Waals surface area contributed by atoms with Crippen molar-refractivity contribution in [2.24, 2.45) is 11.8 Å². The number of aryl methyl sites for hydroxylation is 1. The van der Waals surface area contributed by atoms with Gasteiger partial charge in [-0.3, -0.25) is 24.1 Å². The first kappa shape index (κ1) is 22.5. The van der Waals surface area contributed by atoms with E-state index in [4.69, 9.17) is 4.74 Å². The van der Waals surface area contributed by atoms with Crippen LogP contribution in [0.25, 0.3) is 0 Å². The molecule has 0 radical (unpaired) electrons. The summed E-state index contributed by atoms with van der Waals surface area (Å²) >= 11 is 0. The van der Waals surface area contributed by atoms with Crippen molar-refractivity contribution in [2.45, 2.75) is 25.0 Å². The molecule has 2 fully saturated rings. The molecule has 3 unspecified atom stereocenters. The van der Waals surface area contributed by atoms with Crippen LogP contribution in [-0.4, -0.2) is 40.4 Å². The van der Waals surface area contributed by atoms with Crippen LogP contribution >= 0.6 is 0 Å². The second-order valence-electron chi connectivity index (χ2n) is 9.54. The van der Waals surface area contributed by atoms with Crippen LogP contribution in [0.5, 0.6) is 0 Å². The zero-order chi connectivity index (χ0) is 25.2. The number of likely N-dealkylation sites (tertiary alicyclic amines) is 1. The third kappa shape index (κ3) is 2.99. The SMILES string of the molecule is Cc1ccccc1C1OC2(C(=O)c3ccccc3C2=O)C2C(=O)N(CCc3ccc(F)cc3)C(=O)C12. The highest BCUT2D eigenvalue weighted by atomic mass is 19.1. The fourth-order valence-electron chi connectivity index (χ4n) is 5.88. The lowest BCUT2D eigenvalue weighted by Gasteiger charge is -2.27. The Balaban J connectivity index is 1.43. The summed E-state index contributed by atoms with van der Waals surface area (Å²) in [5.74, 6) is -4.83. The van der Waals surface area contributed by atoms with E-state index in [2.05, 4.69) is 0 Å². The number of rotatable bonds is 4. The number of carbonyl (C=O) groups is 4. The van der Waals surface area contributed by atoms with Gasteiger partial charge in [0.15, 0.2) is 0 Å². The Labute approximate surface area is 206 Å². The van der Waals surface area contributed by atoms with Gasteiger partial charge in [0.2, 0.25) is 29.0 Å². The van der Waals surface area contributed by atoms with E-state index in [1.54, 1.807) is 48.5 Å². The normalized spacial score (nSPS) is 24.1. The molecule has 3 aromatic rings. The van der Waals surface area contributed by atoms with Gasteiger partial charge in [-0.05, 0) is 42.2 Å². The Hall–Kier alpha value is -3.97. The number of Topliss-reactive ketones (excluding diaryl/α,β-unsaturated/α-hetero) is 2. The minimum atomic E-state index is -2.07. The van der Waals surface area contributed by atoms with Crippen molar-refractivity contribution < 1.29 is 28.3 Å². The fourth-order valence-corrected chi connectivity index (χ4v) is 5.88. The van der Waals surface area contributed by atoms with Gasteiger partial charge >= 0.3 is 0 Å². The van der Waals surface area contributed by atoms with Gasteiger partial charge in [-0.1, -0.05) is 60.7 Å². The Morgan fingerprint density at radius 3 is 2.08 bits per heavy atom. The highest BCUT2D eigenvalue weighted by Gasteiger charge is 2.74. The number of carbonyl (C=O) groups excluding carboxylic acids is 4. The minimum absolute atomic E-state index is 0.0577. The van der Waals surface area contributed by atoms with Gasteiger partial charge in [-0.15, -0.1) is 0 Å². The number of nitrogens with zero attached hydrogens (tertiary/aromatic N) is 1. The Morgan fingerprint density at radius 1 is 0.833 bits per heavy atom. The molecular weight excluding hydrogens is 461 g/mol. The smallest absolute Gasteiger partial charge is 0.237 e. The predicted molar refractivity (Wildman–Crippen MR) is 127 cm³/mol. The summed E-state index contributed by atoms with van der Waals surface area (Å²) in [6, 6.07) is 19.6. The van der Waals surface area contributed by atoms with Gasteiger partial charge in [0.1, 0.15) is 5.82 Å². The van der Waals surface area contributed by atoms with Crippen molar-refractivity contribution in [2.75, 3.05) is 6.54 Å². The average Bonchev–Trinajstić information content (AvgIpc) is 3.44. The molecule has 3 atom stereocenters. The summed E-state index contributed by atoms with van der Waals surface area (Å²) in [5.41, 5.74) is 0.601. The summed E-state index contributed by atoms with van der Waals surface area (Å²) in [4.78, 5) is 56.2. The standard InChI is InChI=1S/C29H22FNO5/c1-16-6-2-3-7-19(16)24-22-23(29(36-24)25(32)20-8-4-5-9-21(20)26(29)33)28(35)31(27(22)34)15-14-17-10-12-18(30)13-11-17/h2-13,22-24H,14-15H2,1H3. The van der Waals surface area contributed by atoms with E-state index in [0.29, 0.717) is 12.0 Å². The van der Waals surface area contributed by atoms with Crippen LogP contribution in [0.15, 0.2) is 72.8 Å². The summed E-state index contributed by atoms with van der Waals surface area (Å²) in [6.07, 6.45) is -0.604. The topological polar surface area (TPSA) is 80.8 Å². The van der Waals surface area contributed by atoms with E-state index in [9.17, 15) is 23.6 Å². The Bertz CT molecular complexity index is 1410. The molecule has 6 rings (SSSR count). The highest BCUT2D eigenvalue weighted by molar-refractivity contribution is 6.35. The molecule has 1 aliphatic carbocycles. The maximum Gasteiger partial charge on any atom is 0.237 e. The molecule has 2 saturated heterocycles. The summed E-state index contributed by atoms with van der Waals surface area (Å²) in [5, 5.41) is 0. The van der Waals surface area contributed by atoms with Crippen LogP contribution in [0.2, 0.25) is 0 Å². The molecule has 2 amide bonds. The number of benzene rings is 3. The van der Waals surface area contributed by atoms with Crippen molar-refractivity contribution in [3.05, 3.63) is 106 Å². The lowest BCUT2D eigenvalue weighted by atomic mass is 9.77. The summed E-state index contributed by atoms with van der Waals surface area (Å²) < 4.78 is 19.6. The monoisotopic (exact) mass is 483 g/mol. The first-order chi connectivity index (χ1) is 17.3. The van der Waals surface area contributed by atoms with Crippen LogP contribution in [0.3, 0.4) is 0 Å². The first-order valence-electron chi connectivity index (χ1n) is 11.9. The second kappa shape index (κ2) is 8.03. The van der Waals surface area contributed by atoms with Gasteiger partial charge < -0.3 is 4.74 Å². The van der Waals surface area contributed by atoms with Crippen molar-refractivity contribution in [1.82, 2.24) is 4.90 Å². The van der Waals surface area contributed by atoms with Crippen LogP contribution in [0, 0.1) is 24.6 Å². The van der Waals surface area contributed by atoms with Crippen LogP contribution in [0.1, 0.15) is 43.5 Å². The molecule has 3 aliphatic rings. The molecule has 36 heavy (non-hydrogen) atoms. The van der Waals surface area contributed by atoms with Gasteiger partial charge in [0.05, 0.1) is 17.9 Å². The lowest BCUT2D eigenvalue weighted by Crippen LogP contribution is -2.51. The van der Waals surface area contributed by atoms with Crippen molar-refractivity contribution >= 4 is 23.4 Å². The number of hydrogen-bond donors (Lipinski definition) is 0. The third-order valence-corrected chi connectivity index (χ3v) is 7.64. The largest absolute Gasteiger partial charge is 0.349 e. The maximum atomic E-state index is 13.8. The lowest BCUT2D eigenvalue weighted by molar-refractivity contribution is -0.144. The van der Waals surface area contributed by atoms with Gasteiger partial charge in [-0.2, -0.15) is 0 Å². The van der Waals surface area contributed by atoms with Crippen molar-refractivity contribution in [3.63, 3.8) is 0 Å². The van der Waals surface area contributed by atoms with Crippen LogP contribution in [-0.2, 0) is 20.7 Å². The quantitative estimate of drug-likeness (QED) is 0.416. The Morgan fingerprint density at radius 2 is 1.44 bits per heavy atom. The predicted octanol–water partition coefficient (Wildman–Crippen LogP) is 3.87. The van der Waals surface area contributed by atoms with Gasteiger partial charge in [-0.25, -0.2) is 4.39 Å². The number of hydrogen-bond acceptors (Lipinski definition) is 5. The molecule has 1 spiro atoms. The zero-order valence-electron chi connectivity index (χ0n) is 19.4. The molecule has 6 nitrogen and oxygen atoms in total. The molecule has 2 heterocycles. The number of fused-ring (bicyclic) bond motifs is 3. The molecular formula is C29H22FNO5. The minimum Gasteiger partial charge on any atom is -0.349 e. The highest BCUT2D eigenvalue weighted by Crippen LogP contribution is 2.57. The molecule has 0 saturated carbocycles. The third-order valence-electron chi connectivity index (χ3n) is 7.64. The zero-order valence-corrected chi connectivity index (χ0v) is 19.4. The van der Waals surface area contributed by atoms with E-state index < -0.39 is 46.9 Å². The van der Waals surface area contributed by atoms with E-state index in [1.807, 2.05) is 19.1 Å². The molecule has 7 heteroatoms. The van der Waals surface area contributed by atoms with Crippen LogP contribution in [0.4, 0.5) is 4.39 Å². The van der Waals surface area contributed by atoms with Gasteiger partial charge in [0.25, 0.3) is 0 Å². The number of imide groups is 1. The van der Waals surface area contributed by atoms with E-state index in [1.165, 1.54) is 12.1 Å². The Kier molecular flexibility index (Phi) is 5.02. The number of ether oxygens (including phenoxy) is 1. The van der Waals surface area contributed by atoms with E-state index in [-0.39, 0.29) is 23.5 Å². The fraction of sp³-hybridized carbons (Fsp3) is 0.241. The number of ketones is 2. The number of amides is 2. The van der Waals surface area contributed by atoms with Crippen molar-refractivity contribution in [1.29, 1.82) is 0 Å². The molecule has 2 aliphatic heterocycles. The van der Waals surface area contributed by atoms with Crippen LogP contribution < -0.4 is 0 Å². The molecule has 0 bridgehead atoms. The van der Waals surface area contributed by atoms with E-state index in [0.717, 1.165) is 16.0 Å². The first-order valence-corrected chi connectivity index (χ1v) is 11.9. The molecule has 0 aromatic heterocycles. The average molecular weight is 483 g/mol. The molecule has 3 aromatic carbocycles. The molecule has 180 valence electrons. The molecule has 0 N–H and O–H groups in total.